The fourth-order valence-corrected chi connectivity index (χ4v) is 3.08. The first kappa shape index (κ1) is 14.5. The monoisotopic (exact) mass is 315 g/mol. The van der Waals surface area contributed by atoms with E-state index in [0.29, 0.717) is 0 Å². The topological polar surface area (TPSA) is 67.3 Å². The van der Waals surface area contributed by atoms with Crippen LogP contribution in [0.5, 0.6) is 0 Å². The van der Waals surface area contributed by atoms with Crippen LogP contribution in [-0.4, -0.2) is 24.9 Å². The number of para-hydroxylation sites is 1. The van der Waals surface area contributed by atoms with Gasteiger partial charge in [0, 0.05) is 47.7 Å². The lowest BCUT2D eigenvalue weighted by atomic mass is 9.89. The van der Waals surface area contributed by atoms with Crippen LogP contribution >= 0.6 is 0 Å². The van der Waals surface area contributed by atoms with Crippen molar-refractivity contribution in [2.24, 2.45) is 0 Å². The van der Waals surface area contributed by atoms with E-state index in [-0.39, 0.29) is 5.92 Å². The number of aromatic nitrogens is 5. The number of nitrogens with zero attached hydrogens (tertiary/aromatic N) is 4. The SMILES string of the molecule is Cc1nccc(CC(c2cnc[nH]2)c2cccc3cccnc23)n1. The van der Waals surface area contributed by atoms with Gasteiger partial charge in [-0.3, -0.25) is 4.98 Å². The van der Waals surface area contributed by atoms with E-state index in [2.05, 4.69) is 49.2 Å². The Balaban J connectivity index is 1.84. The fraction of sp³-hybridized carbons (Fsp3) is 0.158. The smallest absolute Gasteiger partial charge is 0.125 e. The number of nitrogens with one attached hydrogen (secondary N) is 1. The fourth-order valence-electron chi connectivity index (χ4n) is 3.08. The maximum absolute atomic E-state index is 4.60. The quantitative estimate of drug-likeness (QED) is 0.626. The highest BCUT2D eigenvalue weighted by atomic mass is 14.9. The number of aromatic amines is 1. The number of pyridine rings is 1. The lowest BCUT2D eigenvalue weighted by Crippen LogP contribution is -2.09. The van der Waals surface area contributed by atoms with Gasteiger partial charge in [-0.25, -0.2) is 15.0 Å². The van der Waals surface area contributed by atoms with Gasteiger partial charge in [0.05, 0.1) is 11.8 Å². The third-order valence-electron chi connectivity index (χ3n) is 4.18. The first-order valence-electron chi connectivity index (χ1n) is 7.92. The highest BCUT2D eigenvalue weighted by Crippen LogP contribution is 2.31. The summed E-state index contributed by atoms with van der Waals surface area (Å²) in [5.74, 6) is 0.896. The van der Waals surface area contributed by atoms with E-state index < -0.39 is 0 Å². The molecule has 0 spiro atoms. The van der Waals surface area contributed by atoms with Gasteiger partial charge in [0.2, 0.25) is 0 Å². The van der Waals surface area contributed by atoms with E-state index >= 15 is 0 Å². The van der Waals surface area contributed by atoms with Gasteiger partial charge in [-0.2, -0.15) is 0 Å². The zero-order valence-electron chi connectivity index (χ0n) is 13.3. The van der Waals surface area contributed by atoms with Gasteiger partial charge in [-0.15, -0.1) is 0 Å². The first-order valence-corrected chi connectivity index (χ1v) is 7.92. The Morgan fingerprint density at radius 3 is 2.79 bits per heavy atom. The van der Waals surface area contributed by atoms with E-state index in [1.165, 1.54) is 5.56 Å². The van der Waals surface area contributed by atoms with Crippen molar-refractivity contribution >= 4 is 10.9 Å². The summed E-state index contributed by atoms with van der Waals surface area (Å²) in [6, 6.07) is 12.3. The van der Waals surface area contributed by atoms with Crippen LogP contribution in [-0.2, 0) is 6.42 Å². The summed E-state index contributed by atoms with van der Waals surface area (Å²) >= 11 is 0. The van der Waals surface area contributed by atoms with Crippen molar-refractivity contribution in [3.05, 3.63) is 84.1 Å². The molecule has 0 saturated carbocycles. The molecule has 5 heteroatoms. The maximum Gasteiger partial charge on any atom is 0.125 e. The number of imidazole rings is 1. The van der Waals surface area contributed by atoms with Gasteiger partial charge in [0.1, 0.15) is 5.82 Å². The van der Waals surface area contributed by atoms with E-state index in [4.69, 9.17) is 0 Å². The Morgan fingerprint density at radius 2 is 1.96 bits per heavy atom. The van der Waals surface area contributed by atoms with Gasteiger partial charge in [0.25, 0.3) is 0 Å². The average Bonchev–Trinajstić information content (AvgIpc) is 3.14. The standard InChI is InChI=1S/C19H17N5/c1-13-21-9-7-15(24-13)10-17(18-11-20-12-23-18)16-6-2-4-14-5-3-8-22-19(14)16/h2-9,11-12,17H,10H2,1H3,(H,20,23). The average molecular weight is 315 g/mol. The molecule has 1 N–H and O–H groups in total. The van der Waals surface area contributed by atoms with Crippen molar-refractivity contribution in [2.45, 2.75) is 19.3 Å². The Morgan fingerprint density at radius 1 is 1.04 bits per heavy atom. The molecule has 4 aromatic rings. The molecular formula is C19H17N5. The molecule has 0 radical (unpaired) electrons. The summed E-state index contributed by atoms with van der Waals surface area (Å²) in [5, 5.41) is 1.14. The van der Waals surface area contributed by atoms with Crippen molar-refractivity contribution in [1.29, 1.82) is 0 Å². The Bertz CT molecular complexity index is 957. The highest BCUT2D eigenvalue weighted by Gasteiger charge is 2.20. The van der Waals surface area contributed by atoms with E-state index in [1.54, 1.807) is 6.33 Å². The second kappa shape index (κ2) is 6.20. The van der Waals surface area contributed by atoms with Gasteiger partial charge < -0.3 is 4.98 Å². The molecule has 0 fully saturated rings. The van der Waals surface area contributed by atoms with Gasteiger partial charge in [-0.05, 0) is 24.6 Å². The molecule has 1 aromatic carbocycles. The number of H-pyrrole nitrogens is 1. The molecule has 0 aliphatic carbocycles. The van der Waals surface area contributed by atoms with Crippen LogP contribution in [0.15, 0.2) is 61.3 Å². The van der Waals surface area contributed by atoms with Crippen molar-refractivity contribution in [3.8, 4) is 0 Å². The predicted molar refractivity (Wildman–Crippen MR) is 92.6 cm³/mol. The Labute approximate surface area is 139 Å². The Kier molecular flexibility index (Phi) is 3.75. The molecule has 0 saturated heterocycles. The minimum Gasteiger partial charge on any atom is -0.348 e. The summed E-state index contributed by atoms with van der Waals surface area (Å²) in [5.41, 5.74) is 4.26. The van der Waals surface area contributed by atoms with Crippen LogP contribution in [0.1, 0.15) is 28.7 Å². The van der Waals surface area contributed by atoms with Crippen LogP contribution in [0.25, 0.3) is 10.9 Å². The van der Waals surface area contributed by atoms with Crippen molar-refractivity contribution < 1.29 is 0 Å². The zero-order valence-corrected chi connectivity index (χ0v) is 13.3. The van der Waals surface area contributed by atoms with E-state index in [9.17, 15) is 0 Å². The summed E-state index contributed by atoms with van der Waals surface area (Å²) in [7, 11) is 0. The number of aryl methyl sites for hydroxylation is 1. The van der Waals surface area contributed by atoms with E-state index in [0.717, 1.165) is 34.5 Å². The zero-order chi connectivity index (χ0) is 16.4. The molecule has 3 aromatic heterocycles. The van der Waals surface area contributed by atoms with Crippen LogP contribution in [0.4, 0.5) is 0 Å². The normalized spacial score (nSPS) is 12.4. The van der Waals surface area contributed by atoms with Crippen LogP contribution in [0, 0.1) is 6.92 Å². The molecule has 24 heavy (non-hydrogen) atoms. The first-order chi connectivity index (χ1) is 11.8. The summed E-state index contributed by atoms with van der Waals surface area (Å²) in [6.07, 6.45) is 8.00. The number of benzene rings is 1. The molecule has 0 aliphatic rings. The molecule has 0 amide bonds. The van der Waals surface area contributed by atoms with Crippen LogP contribution < -0.4 is 0 Å². The minimum atomic E-state index is 0.111. The van der Waals surface area contributed by atoms with Crippen LogP contribution in [0.2, 0.25) is 0 Å². The predicted octanol–water partition coefficient (Wildman–Crippen LogP) is 3.43. The lowest BCUT2D eigenvalue weighted by molar-refractivity contribution is 0.756. The Hall–Kier alpha value is -3.08. The molecule has 4 rings (SSSR count). The van der Waals surface area contributed by atoms with Crippen molar-refractivity contribution in [1.82, 2.24) is 24.9 Å². The second-order valence-electron chi connectivity index (χ2n) is 5.78. The lowest BCUT2D eigenvalue weighted by Gasteiger charge is -2.17. The largest absolute Gasteiger partial charge is 0.348 e. The number of fused-ring (bicyclic) bond motifs is 1. The summed E-state index contributed by atoms with van der Waals surface area (Å²) in [6.45, 7) is 1.91. The van der Waals surface area contributed by atoms with Gasteiger partial charge in [-0.1, -0.05) is 24.3 Å². The summed E-state index contributed by atoms with van der Waals surface area (Å²) in [4.78, 5) is 20.8. The molecule has 1 unspecified atom stereocenters. The number of rotatable bonds is 4. The molecule has 0 aliphatic heterocycles. The van der Waals surface area contributed by atoms with Crippen molar-refractivity contribution in [3.63, 3.8) is 0 Å². The highest BCUT2D eigenvalue weighted by molar-refractivity contribution is 5.82. The molecule has 3 heterocycles. The molecule has 5 nitrogen and oxygen atoms in total. The second-order valence-corrected chi connectivity index (χ2v) is 5.78. The molecule has 118 valence electrons. The third kappa shape index (κ3) is 2.76. The molecule has 0 bridgehead atoms. The van der Waals surface area contributed by atoms with Crippen LogP contribution in [0.3, 0.4) is 0 Å². The third-order valence-corrected chi connectivity index (χ3v) is 4.18. The number of hydrogen-bond donors (Lipinski definition) is 1. The minimum absolute atomic E-state index is 0.111. The van der Waals surface area contributed by atoms with Gasteiger partial charge >= 0.3 is 0 Å². The maximum atomic E-state index is 4.60. The van der Waals surface area contributed by atoms with E-state index in [1.807, 2.05) is 37.6 Å². The number of hydrogen-bond acceptors (Lipinski definition) is 4. The van der Waals surface area contributed by atoms with Gasteiger partial charge in [0.15, 0.2) is 0 Å². The summed E-state index contributed by atoms with van der Waals surface area (Å²) < 4.78 is 0. The van der Waals surface area contributed by atoms with Crippen molar-refractivity contribution in [2.75, 3.05) is 0 Å². The molecule has 1 atom stereocenters. The molecular weight excluding hydrogens is 298 g/mol.